The zero-order chi connectivity index (χ0) is 15.7. The zero-order valence-electron chi connectivity index (χ0n) is 11.8. The molecule has 3 N–H and O–H groups in total. The molecule has 0 spiro atoms. The first-order valence-electron chi connectivity index (χ1n) is 6.60. The van der Waals surface area contributed by atoms with E-state index in [1.807, 2.05) is 31.2 Å². The number of rotatable bonds is 3. The van der Waals surface area contributed by atoms with Gasteiger partial charge in [0.05, 0.1) is 22.3 Å². The van der Waals surface area contributed by atoms with E-state index < -0.39 is 5.97 Å². The number of hydrogen-bond donors (Lipinski definition) is 2. The van der Waals surface area contributed by atoms with Gasteiger partial charge in [-0.05, 0) is 42.9 Å². The molecule has 0 aliphatic rings. The van der Waals surface area contributed by atoms with Crippen LogP contribution in [0, 0.1) is 6.92 Å². The summed E-state index contributed by atoms with van der Waals surface area (Å²) in [6.07, 6.45) is 0. The van der Waals surface area contributed by atoms with Gasteiger partial charge >= 0.3 is 5.97 Å². The molecule has 0 unspecified atom stereocenters. The van der Waals surface area contributed by atoms with Gasteiger partial charge in [0, 0.05) is 5.56 Å². The number of nitrogens with one attached hydrogen (secondary N) is 1. The van der Waals surface area contributed by atoms with Gasteiger partial charge in [0.25, 0.3) is 0 Å². The maximum atomic E-state index is 11.9. The molecule has 5 nitrogen and oxygen atoms in total. The highest BCUT2D eigenvalue weighted by Gasteiger charge is 2.18. The van der Waals surface area contributed by atoms with Crippen molar-refractivity contribution in [2.45, 2.75) is 6.92 Å². The number of thiocarbonyl (C=S) groups is 1. The summed E-state index contributed by atoms with van der Waals surface area (Å²) in [5.74, 6) is 0.0399. The third-order valence-electron chi connectivity index (χ3n) is 3.46. The molecular formula is C16H13N3O2S. The van der Waals surface area contributed by atoms with Crippen molar-refractivity contribution in [2.75, 3.05) is 5.73 Å². The van der Waals surface area contributed by atoms with Crippen LogP contribution in [0.4, 0.5) is 5.69 Å². The van der Waals surface area contributed by atoms with Crippen molar-refractivity contribution < 1.29 is 9.53 Å². The minimum atomic E-state index is -0.579. The number of nitrogen functional groups attached to an aromatic ring is 1. The number of carbonyl (C=O) groups excluding carboxylic acids is 1. The van der Waals surface area contributed by atoms with E-state index in [-0.39, 0.29) is 5.56 Å². The normalized spacial score (nSPS) is 10.6. The lowest BCUT2D eigenvalue weighted by Gasteiger charge is -2.10. The molecule has 0 atom stereocenters. The van der Waals surface area contributed by atoms with Gasteiger partial charge in [0.1, 0.15) is 5.82 Å². The lowest BCUT2D eigenvalue weighted by atomic mass is 10.0. The summed E-state index contributed by atoms with van der Waals surface area (Å²) in [6, 6.07) is 11.1. The van der Waals surface area contributed by atoms with Crippen molar-refractivity contribution in [2.24, 2.45) is 0 Å². The molecular weight excluding hydrogens is 298 g/mol. The second kappa shape index (κ2) is 5.57. The van der Waals surface area contributed by atoms with Crippen LogP contribution in [0.3, 0.4) is 0 Å². The smallest absolute Gasteiger partial charge is 0.345 e. The van der Waals surface area contributed by atoms with Gasteiger partial charge < -0.3 is 15.5 Å². The molecule has 0 saturated carbocycles. The van der Waals surface area contributed by atoms with E-state index >= 15 is 0 Å². The number of aromatic nitrogens is 2. The Kier molecular flexibility index (Phi) is 3.60. The van der Waals surface area contributed by atoms with Crippen LogP contribution in [0.1, 0.15) is 15.9 Å². The van der Waals surface area contributed by atoms with Gasteiger partial charge in [-0.15, -0.1) is 0 Å². The number of benzene rings is 2. The number of H-pyrrole nitrogens is 1. The Hall–Kier alpha value is -2.73. The second-order valence-electron chi connectivity index (χ2n) is 4.82. The van der Waals surface area contributed by atoms with Crippen molar-refractivity contribution >= 4 is 40.5 Å². The lowest BCUT2D eigenvalue weighted by molar-refractivity contribution is 0.0734. The Bertz CT molecular complexity index is 853. The number of aryl methyl sites for hydroxylation is 1. The fourth-order valence-corrected chi connectivity index (χ4v) is 2.49. The van der Waals surface area contributed by atoms with E-state index in [1.165, 1.54) is 0 Å². The predicted molar refractivity (Wildman–Crippen MR) is 89.7 cm³/mol. The van der Waals surface area contributed by atoms with E-state index in [1.54, 1.807) is 12.1 Å². The maximum absolute atomic E-state index is 11.9. The van der Waals surface area contributed by atoms with Crippen LogP contribution in [0.5, 0.6) is 0 Å². The highest BCUT2D eigenvalue weighted by Crippen LogP contribution is 2.31. The average Bonchev–Trinajstić information content (AvgIpc) is 2.90. The summed E-state index contributed by atoms with van der Waals surface area (Å²) in [6.45, 7) is 1.91. The number of nitrogens with two attached hydrogens (primary N) is 1. The predicted octanol–water partition coefficient (Wildman–Crippen LogP) is 3.23. The molecule has 0 bridgehead atoms. The molecule has 1 heterocycles. The fourth-order valence-electron chi connectivity index (χ4n) is 2.40. The molecule has 1 aromatic heterocycles. The van der Waals surface area contributed by atoms with Crippen molar-refractivity contribution in [3.05, 3.63) is 47.5 Å². The molecule has 3 rings (SSSR count). The Morgan fingerprint density at radius 3 is 2.82 bits per heavy atom. The van der Waals surface area contributed by atoms with Crippen LogP contribution in [-0.2, 0) is 4.74 Å². The molecule has 0 amide bonds. The van der Waals surface area contributed by atoms with Gasteiger partial charge in [-0.3, -0.25) is 0 Å². The number of hydrogen-bond acceptors (Lipinski definition) is 5. The molecule has 0 aliphatic heterocycles. The van der Waals surface area contributed by atoms with Crippen LogP contribution < -0.4 is 5.73 Å². The summed E-state index contributed by atoms with van der Waals surface area (Å²) >= 11 is 4.54. The molecule has 2 aromatic carbocycles. The lowest BCUT2D eigenvalue weighted by Crippen LogP contribution is -2.08. The highest BCUT2D eigenvalue weighted by molar-refractivity contribution is 7.78. The van der Waals surface area contributed by atoms with Crippen LogP contribution in [0.2, 0.25) is 0 Å². The minimum Gasteiger partial charge on any atom is -0.419 e. The number of carbonyl (C=O) groups is 1. The number of imidazole rings is 1. The summed E-state index contributed by atoms with van der Waals surface area (Å²) in [4.78, 5) is 19.7. The molecule has 0 saturated heterocycles. The number of ether oxygens (including phenoxy) is 1. The minimum absolute atomic E-state index is 0.266. The van der Waals surface area contributed by atoms with Crippen molar-refractivity contribution in [3.8, 4) is 11.4 Å². The molecule has 0 radical (unpaired) electrons. The van der Waals surface area contributed by atoms with Crippen molar-refractivity contribution in [1.29, 1.82) is 0 Å². The van der Waals surface area contributed by atoms with Gasteiger partial charge in [-0.2, -0.15) is 0 Å². The summed E-state index contributed by atoms with van der Waals surface area (Å²) in [5.41, 5.74) is 11.0. The number of aromatic amines is 1. The van der Waals surface area contributed by atoms with Gasteiger partial charge in [-0.1, -0.05) is 18.2 Å². The Balaban J connectivity index is 2.19. The van der Waals surface area contributed by atoms with E-state index in [2.05, 4.69) is 22.2 Å². The van der Waals surface area contributed by atoms with E-state index in [9.17, 15) is 4.79 Å². The van der Waals surface area contributed by atoms with Crippen LogP contribution >= 0.6 is 12.2 Å². The van der Waals surface area contributed by atoms with E-state index in [0.29, 0.717) is 17.1 Å². The Morgan fingerprint density at radius 1 is 1.32 bits per heavy atom. The average molecular weight is 311 g/mol. The summed E-state index contributed by atoms with van der Waals surface area (Å²) in [7, 11) is 0. The summed E-state index contributed by atoms with van der Waals surface area (Å²) < 4.78 is 4.74. The number of fused-ring (bicyclic) bond motifs is 1. The van der Waals surface area contributed by atoms with Gasteiger partial charge in [-0.25, -0.2) is 9.78 Å². The monoisotopic (exact) mass is 311 g/mol. The largest absolute Gasteiger partial charge is 0.419 e. The van der Waals surface area contributed by atoms with Gasteiger partial charge in [0.2, 0.25) is 0 Å². The number of nitrogens with zero attached hydrogens (tertiary/aromatic N) is 1. The Morgan fingerprint density at radius 2 is 2.09 bits per heavy atom. The molecule has 0 aliphatic carbocycles. The second-order valence-corrected chi connectivity index (χ2v) is 5.02. The van der Waals surface area contributed by atoms with Crippen molar-refractivity contribution in [3.63, 3.8) is 0 Å². The topological polar surface area (TPSA) is 81.0 Å². The van der Waals surface area contributed by atoms with E-state index in [4.69, 9.17) is 10.5 Å². The molecule has 0 fully saturated rings. The molecule has 6 heteroatoms. The van der Waals surface area contributed by atoms with Crippen LogP contribution in [0.25, 0.3) is 22.4 Å². The molecule has 22 heavy (non-hydrogen) atoms. The summed E-state index contributed by atoms with van der Waals surface area (Å²) in [5, 5.41) is 0. The zero-order valence-corrected chi connectivity index (χ0v) is 12.6. The first-order valence-corrected chi connectivity index (χ1v) is 7.07. The van der Waals surface area contributed by atoms with Crippen LogP contribution in [0.15, 0.2) is 36.4 Å². The third-order valence-corrected chi connectivity index (χ3v) is 3.55. The third kappa shape index (κ3) is 2.33. The van der Waals surface area contributed by atoms with Gasteiger partial charge in [0.15, 0.2) is 5.55 Å². The molecule has 3 aromatic rings. The van der Waals surface area contributed by atoms with E-state index in [0.717, 1.165) is 22.2 Å². The standard InChI is InChI=1S/C16H13N3O2S/c1-9-6-7-10(16(20)21-8-22)14(17)13(9)15-18-11-4-2-3-5-12(11)19-15/h2-8H,17H2,1H3,(H,18,19). The first-order chi connectivity index (χ1) is 10.6. The Labute approximate surface area is 132 Å². The fraction of sp³-hybridized carbons (Fsp3) is 0.0625. The van der Waals surface area contributed by atoms with Crippen molar-refractivity contribution in [1.82, 2.24) is 9.97 Å². The first kappa shape index (κ1) is 14.2. The number of esters is 1. The SMILES string of the molecule is Cc1ccc(C(=O)OC=S)c(N)c1-c1nc2ccccc2[nH]1. The molecule has 110 valence electrons. The quantitative estimate of drug-likeness (QED) is 0.441. The number of para-hydroxylation sites is 2. The van der Waals surface area contributed by atoms with Crippen LogP contribution in [-0.4, -0.2) is 21.5 Å². The number of anilines is 1. The maximum Gasteiger partial charge on any atom is 0.345 e. The highest BCUT2D eigenvalue weighted by atomic mass is 32.1.